The molecular formula is C13H21N3O. The molecule has 17 heavy (non-hydrogen) atoms. The number of nitrogens with one attached hydrogen (secondary N) is 1. The third-order valence-corrected chi connectivity index (χ3v) is 3.93. The molecule has 2 saturated heterocycles. The van der Waals surface area contributed by atoms with Crippen molar-refractivity contribution in [1.82, 2.24) is 14.9 Å². The van der Waals surface area contributed by atoms with Crippen LogP contribution in [0.2, 0.25) is 0 Å². The Morgan fingerprint density at radius 2 is 2.47 bits per heavy atom. The van der Waals surface area contributed by atoms with Gasteiger partial charge in [-0.2, -0.15) is 0 Å². The summed E-state index contributed by atoms with van der Waals surface area (Å²) >= 11 is 0. The van der Waals surface area contributed by atoms with Crippen LogP contribution in [0.5, 0.6) is 0 Å². The number of rotatable bonds is 3. The Kier molecular flexibility index (Phi) is 3.43. The maximum atomic E-state index is 5.55. The van der Waals surface area contributed by atoms with Crippen LogP contribution in [-0.4, -0.2) is 35.9 Å². The molecule has 1 N–H and O–H groups in total. The summed E-state index contributed by atoms with van der Waals surface area (Å²) in [5.74, 6) is 1.33. The van der Waals surface area contributed by atoms with Gasteiger partial charge in [-0.15, -0.1) is 0 Å². The first-order valence-corrected chi connectivity index (χ1v) is 6.72. The smallest absolute Gasteiger partial charge is 0.0948 e. The minimum absolute atomic E-state index is 0.655. The van der Waals surface area contributed by atoms with E-state index in [0.29, 0.717) is 11.8 Å². The van der Waals surface area contributed by atoms with Gasteiger partial charge in [0.1, 0.15) is 0 Å². The summed E-state index contributed by atoms with van der Waals surface area (Å²) in [5, 5.41) is 3.43. The summed E-state index contributed by atoms with van der Waals surface area (Å²) in [5.41, 5.74) is 1.40. The molecule has 3 rings (SSSR count). The summed E-state index contributed by atoms with van der Waals surface area (Å²) in [6.45, 7) is 5.18. The van der Waals surface area contributed by atoms with Crippen LogP contribution in [0.4, 0.5) is 0 Å². The number of hydrogen-bond acceptors (Lipinski definition) is 3. The highest BCUT2D eigenvalue weighted by molar-refractivity contribution is 5.09. The fourth-order valence-electron chi connectivity index (χ4n) is 2.96. The van der Waals surface area contributed by atoms with Crippen molar-refractivity contribution < 1.29 is 4.74 Å². The second kappa shape index (κ2) is 5.19. The standard InChI is InChI=1S/C13H21N3O/c1-2-11(9-17-5-1)8-16-10-15-7-13(16)12-3-4-14-6-12/h7,10-12,14H,1-6,8-9H2. The summed E-state index contributed by atoms with van der Waals surface area (Å²) in [6.07, 6.45) is 7.77. The minimum Gasteiger partial charge on any atom is -0.381 e. The Morgan fingerprint density at radius 1 is 1.47 bits per heavy atom. The van der Waals surface area contributed by atoms with Gasteiger partial charge in [-0.25, -0.2) is 4.98 Å². The molecule has 2 atom stereocenters. The lowest BCUT2D eigenvalue weighted by Crippen LogP contribution is -2.23. The zero-order valence-electron chi connectivity index (χ0n) is 10.3. The van der Waals surface area contributed by atoms with E-state index in [2.05, 4.69) is 14.9 Å². The Balaban J connectivity index is 1.67. The molecular weight excluding hydrogens is 214 g/mol. The zero-order chi connectivity index (χ0) is 11.5. The van der Waals surface area contributed by atoms with Gasteiger partial charge >= 0.3 is 0 Å². The topological polar surface area (TPSA) is 39.1 Å². The van der Waals surface area contributed by atoms with E-state index >= 15 is 0 Å². The molecule has 4 heteroatoms. The normalized spacial score (nSPS) is 29.6. The molecule has 0 amide bonds. The largest absolute Gasteiger partial charge is 0.381 e. The predicted octanol–water partition coefficient (Wildman–Crippen LogP) is 1.39. The van der Waals surface area contributed by atoms with Gasteiger partial charge in [-0.1, -0.05) is 0 Å². The van der Waals surface area contributed by atoms with Gasteiger partial charge in [-0.05, 0) is 25.8 Å². The number of ether oxygens (including phenoxy) is 1. The molecule has 1 aromatic heterocycles. The molecule has 2 aliphatic rings. The van der Waals surface area contributed by atoms with Crippen molar-refractivity contribution >= 4 is 0 Å². The molecule has 0 saturated carbocycles. The van der Waals surface area contributed by atoms with Gasteiger partial charge in [0.15, 0.2) is 0 Å². The average Bonchev–Trinajstić information content (AvgIpc) is 3.00. The highest BCUT2D eigenvalue weighted by Gasteiger charge is 2.22. The molecule has 1 aromatic rings. The Morgan fingerprint density at radius 3 is 3.24 bits per heavy atom. The van der Waals surface area contributed by atoms with Gasteiger partial charge in [0, 0.05) is 43.4 Å². The van der Waals surface area contributed by atoms with Gasteiger partial charge in [0.05, 0.1) is 12.9 Å². The van der Waals surface area contributed by atoms with Crippen LogP contribution in [0.15, 0.2) is 12.5 Å². The molecule has 94 valence electrons. The van der Waals surface area contributed by atoms with Crippen LogP contribution >= 0.6 is 0 Å². The molecule has 0 radical (unpaired) electrons. The van der Waals surface area contributed by atoms with Crippen molar-refractivity contribution in [3.63, 3.8) is 0 Å². The highest BCUT2D eigenvalue weighted by atomic mass is 16.5. The Labute approximate surface area is 102 Å². The minimum atomic E-state index is 0.655. The lowest BCUT2D eigenvalue weighted by molar-refractivity contribution is 0.0480. The van der Waals surface area contributed by atoms with Crippen molar-refractivity contribution in [2.45, 2.75) is 31.7 Å². The van der Waals surface area contributed by atoms with E-state index < -0.39 is 0 Å². The number of nitrogens with zero attached hydrogens (tertiary/aromatic N) is 2. The maximum absolute atomic E-state index is 5.55. The number of aromatic nitrogens is 2. The van der Waals surface area contributed by atoms with Gasteiger partial charge in [-0.3, -0.25) is 0 Å². The Bertz CT molecular complexity index is 351. The fraction of sp³-hybridized carbons (Fsp3) is 0.769. The van der Waals surface area contributed by atoms with Crippen LogP contribution in [-0.2, 0) is 11.3 Å². The molecule has 4 nitrogen and oxygen atoms in total. The van der Waals surface area contributed by atoms with E-state index in [9.17, 15) is 0 Å². The highest BCUT2D eigenvalue weighted by Crippen LogP contribution is 2.24. The van der Waals surface area contributed by atoms with E-state index in [0.717, 1.165) is 32.8 Å². The second-order valence-electron chi connectivity index (χ2n) is 5.24. The first kappa shape index (κ1) is 11.2. The summed E-state index contributed by atoms with van der Waals surface area (Å²) in [7, 11) is 0. The van der Waals surface area contributed by atoms with Crippen LogP contribution in [0.1, 0.15) is 30.9 Å². The lowest BCUT2D eigenvalue weighted by Gasteiger charge is -2.24. The van der Waals surface area contributed by atoms with Crippen LogP contribution < -0.4 is 5.32 Å². The summed E-state index contributed by atoms with van der Waals surface area (Å²) in [6, 6.07) is 0. The van der Waals surface area contributed by atoms with Crippen LogP contribution in [0.3, 0.4) is 0 Å². The van der Waals surface area contributed by atoms with E-state index in [1.54, 1.807) is 0 Å². The molecule has 2 unspecified atom stereocenters. The predicted molar refractivity (Wildman–Crippen MR) is 66.0 cm³/mol. The molecule has 2 aliphatic heterocycles. The monoisotopic (exact) mass is 235 g/mol. The molecule has 0 spiro atoms. The van der Waals surface area contributed by atoms with Crippen molar-refractivity contribution in [3.8, 4) is 0 Å². The number of hydrogen-bond donors (Lipinski definition) is 1. The van der Waals surface area contributed by atoms with E-state index in [4.69, 9.17) is 4.74 Å². The fourth-order valence-corrected chi connectivity index (χ4v) is 2.96. The average molecular weight is 235 g/mol. The van der Waals surface area contributed by atoms with Gasteiger partial charge in [0.2, 0.25) is 0 Å². The molecule has 2 fully saturated rings. The van der Waals surface area contributed by atoms with E-state index in [1.807, 2.05) is 12.5 Å². The third kappa shape index (κ3) is 2.53. The van der Waals surface area contributed by atoms with Crippen molar-refractivity contribution in [2.24, 2.45) is 5.92 Å². The van der Waals surface area contributed by atoms with Crippen molar-refractivity contribution in [2.75, 3.05) is 26.3 Å². The van der Waals surface area contributed by atoms with Gasteiger partial charge in [0.25, 0.3) is 0 Å². The molecule has 3 heterocycles. The Hall–Kier alpha value is -0.870. The van der Waals surface area contributed by atoms with Crippen LogP contribution in [0.25, 0.3) is 0 Å². The van der Waals surface area contributed by atoms with Crippen molar-refractivity contribution in [1.29, 1.82) is 0 Å². The third-order valence-electron chi connectivity index (χ3n) is 3.93. The summed E-state index contributed by atoms with van der Waals surface area (Å²) < 4.78 is 7.89. The van der Waals surface area contributed by atoms with Gasteiger partial charge < -0.3 is 14.6 Å². The SMILES string of the molecule is c1ncn(CC2CCCOC2)c1C1CCNC1. The van der Waals surface area contributed by atoms with Crippen molar-refractivity contribution in [3.05, 3.63) is 18.2 Å². The zero-order valence-corrected chi connectivity index (χ0v) is 10.3. The quantitative estimate of drug-likeness (QED) is 0.860. The maximum Gasteiger partial charge on any atom is 0.0948 e. The first-order chi connectivity index (χ1) is 8.43. The van der Waals surface area contributed by atoms with E-state index in [-0.39, 0.29) is 0 Å². The lowest BCUT2D eigenvalue weighted by atomic mass is 10.0. The van der Waals surface area contributed by atoms with E-state index in [1.165, 1.54) is 25.0 Å². The number of imidazole rings is 1. The molecule has 0 aromatic carbocycles. The molecule has 0 bridgehead atoms. The van der Waals surface area contributed by atoms with Crippen LogP contribution in [0, 0.1) is 5.92 Å². The first-order valence-electron chi connectivity index (χ1n) is 6.72. The molecule has 0 aliphatic carbocycles. The second-order valence-corrected chi connectivity index (χ2v) is 5.24. The summed E-state index contributed by atoms with van der Waals surface area (Å²) in [4.78, 5) is 4.33.